The number of methoxy groups -OCH3 is 1. The van der Waals surface area contributed by atoms with Crippen LogP contribution in [0.25, 0.3) is 0 Å². The molecule has 0 spiro atoms. The predicted octanol–water partition coefficient (Wildman–Crippen LogP) is -1.60. The number of hydrogen-bond donors (Lipinski definition) is 6. The Labute approximate surface area is 236 Å². The summed E-state index contributed by atoms with van der Waals surface area (Å²) in [5.74, 6) is -3.25. The molecule has 2 aliphatic heterocycles. The molecule has 9 N–H and O–H groups in total. The van der Waals surface area contributed by atoms with E-state index in [-0.39, 0.29) is 56.3 Å². The quantitative estimate of drug-likeness (QED) is 0.0592. The number of aromatic nitrogens is 2. The van der Waals surface area contributed by atoms with E-state index in [4.69, 9.17) is 17.2 Å². The molecular formula is C26H35N9O6. The molecule has 15 nitrogen and oxygen atoms in total. The zero-order valence-electron chi connectivity index (χ0n) is 22.7. The number of nitrogens with one attached hydrogen (secondary N) is 2. The highest BCUT2D eigenvalue weighted by atomic mass is 16.5. The van der Waals surface area contributed by atoms with Crippen molar-refractivity contribution >= 4 is 29.5 Å². The minimum atomic E-state index is -2.28. The summed E-state index contributed by atoms with van der Waals surface area (Å²) in [4.78, 5) is 63.0. The smallest absolute Gasteiger partial charge is 0.356 e. The van der Waals surface area contributed by atoms with Crippen molar-refractivity contribution in [3.63, 3.8) is 0 Å². The predicted molar refractivity (Wildman–Crippen MR) is 146 cm³/mol. The Morgan fingerprint density at radius 1 is 1.22 bits per heavy atom. The summed E-state index contributed by atoms with van der Waals surface area (Å²) < 4.78 is 4.64. The monoisotopic (exact) mass is 569 g/mol. The van der Waals surface area contributed by atoms with Gasteiger partial charge in [-0.1, -0.05) is 30.3 Å². The fraction of sp³-hybridized carbons (Fsp3) is 0.462. The number of nitrogens with two attached hydrogens (primary N) is 3. The normalized spacial score (nSPS) is 23.0. The number of ketones is 1. The van der Waals surface area contributed by atoms with Crippen molar-refractivity contribution in [3.8, 4) is 0 Å². The number of hydrazine groups is 1. The summed E-state index contributed by atoms with van der Waals surface area (Å²) in [6, 6.07) is 8.06. The number of carbonyl (C=O) groups is 4. The summed E-state index contributed by atoms with van der Waals surface area (Å²) in [6.07, 6.45) is 1.96. The zero-order chi connectivity index (χ0) is 29.8. The van der Waals surface area contributed by atoms with Crippen molar-refractivity contribution < 1.29 is 29.0 Å². The van der Waals surface area contributed by atoms with E-state index in [9.17, 15) is 24.3 Å². The minimum Gasteiger partial charge on any atom is -0.464 e. The molecule has 2 aromatic rings. The molecule has 41 heavy (non-hydrogen) atoms. The highest BCUT2D eigenvalue weighted by molar-refractivity contribution is 6.02. The van der Waals surface area contributed by atoms with Crippen molar-refractivity contribution in [3.05, 3.63) is 53.6 Å². The van der Waals surface area contributed by atoms with Crippen LogP contribution in [0.2, 0.25) is 0 Å². The molecule has 2 aliphatic rings. The molecule has 15 heteroatoms. The van der Waals surface area contributed by atoms with Gasteiger partial charge in [0.1, 0.15) is 11.2 Å². The van der Waals surface area contributed by atoms with Crippen LogP contribution in [0.4, 0.5) is 0 Å². The molecule has 2 saturated heterocycles. The van der Waals surface area contributed by atoms with E-state index in [1.165, 1.54) is 7.11 Å². The fourth-order valence-corrected chi connectivity index (χ4v) is 5.08. The van der Waals surface area contributed by atoms with E-state index in [2.05, 4.69) is 25.0 Å². The van der Waals surface area contributed by atoms with Crippen LogP contribution >= 0.6 is 0 Å². The third-order valence-electron chi connectivity index (χ3n) is 7.29. The first kappa shape index (κ1) is 29.6. The maximum absolute atomic E-state index is 13.7. The first-order valence-corrected chi connectivity index (χ1v) is 13.2. The Morgan fingerprint density at radius 2 is 1.93 bits per heavy atom. The Balaban J connectivity index is 1.55. The lowest BCUT2D eigenvalue weighted by Gasteiger charge is -2.46. The Morgan fingerprint density at radius 3 is 2.61 bits per heavy atom. The number of nitrogens with zero attached hydrogens (tertiary/aromatic N) is 4. The van der Waals surface area contributed by atoms with Crippen LogP contribution in [0, 0.1) is 0 Å². The number of guanidine groups is 1. The van der Waals surface area contributed by atoms with E-state index in [1.807, 2.05) is 30.3 Å². The highest BCUT2D eigenvalue weighted by Crippen LogP contribution is 2.36. The second-order valence-corrected chi connectivity index (χ2v) is 10.2. The van der Waals surface area contributed by atoms with Gasteiger partial charge in [0.2, 0.25) is 11.5 Å². The number of esters is 1. The molecule has 0 saturated carbocycles. The number of benzene rings is 1. The summed E-state index contributed by atoms with van der Waals surface area (Å²) in [5.41, 5.74) is 14.5. The Hall–Kier alpha value is -4.34. The summed E-state index contributed by atoms with van der Waals surface area (Å²) in [5, 5.41) is 16.8. The summed E-state index contributed by atoms with van der Waals surface area (Å²) >= 11 is 0. The molecule has 2 amide bonds. The number of fused-ring (bicyclic) bond motifs is 1. The molecule has 3 atom stereocenters. The van der Waals surface area contributed by atoms with Crippen molar-refractivity contribution in [2.45, 2.75) is 49.4 Å². The molecule has 0 unspecified atom stereocenters. The number of hydrogen-bond acceptors (Lipinski definition) is 10. The number of aliphatic hydroxyl groups is 1. The zero-order valence-corrected chi connectivity index (χ0v) is 22.7. The molecule has 1 aromatic heterocycles. The number of aliphatic imine (C=N–C) groups is 1. The van der Waals surface area contributed by atoms with Gasteiger partial charge < -0.3 is 37.3 Å². The van der Waals surface area contributed by atoms with Gasteiger partial charge in [0.15, 0.2) is 11.8 Å². The van der Waals surface area contributed by atoms with Crippen molar-refractivity contribution in [2.75, 3.05) is 26.7 Å². The molecule has 3 heterocycles. The van der Waals surface area contributed by atoms with E-state index in [1.54, 1.807) is 5.01 Å². The molecular weight excluding hydrogens is 534 g/mol. The molecule has 0 bridgehead atoms. The van der Waals surface area contributed by atoms with Gasteiger partial charge in [0, 0.05) is 26.1 Å². The van der Waals surface area contributed by atoms with E-state index >= 15 is 0 Å². The van der Waals surface area contributed by atoms with Crippen LogP contribution < -0.4 is 22.5 Å². The Kier molecular flexibility index (Phi) is 8.70. The lowest BCUT2D eigenvalue weighted by molar-refractivity contribution is -0.204. The van der Waals surface area contributed by atoms with Gasteiger partial charge >= 0.3 is 5.97 Å². The molecule has 220 valence electrons. The average molecular weight is 570 g/mol. The second-order valence-electron chi connectivity index (χ2n) is 10.2. The first-order chi connectivity index (χ1) is 19.5. The lowest BCUT2D eigenvalue weighted by Crippen LogP contribution is -2.71. The summed E-state index contributed by atoms with van der Waals surface area (Å²) in [7, 11) is 1.18. The van der Waals surface area contributed by atoms with Crippen LogP contribution in [0.15, 0.2) is 41.5 Å². The van der Waals surface area contributed by atoms with Crippen LogP contribution in [0.1, 0.15) is 52.4 Å². The van der Waals surface area contributed by atoms with Crippen molar-refractivity contribution in [1.29, 1.82) is 0 Å². The number of Topliss-reactive ketones (excluding diaryl/α,β-unsaturated/α-hetero) is 1. The van der Waals surface area contributed by atoms with Crippen LogP contribution in [-0.2, 0) is 20.7 Å². The van der Waals surface area contributed by atoms with Crippen LogP contribution in [0.5, 0.6) is 0 Å². The molecule has 0 aliphatic carbocycles. The second kappa shape index (κ2) is 12.0. The van der Waals surface area contributed by atoms with E-state index in [0.717, 1.165) is 16.8 Å². The number of aromatic amines is 1. The molecule has 4 rings (SSSR count). The van der Waals surface area contributed by atoms with Crippen molar-refractivity contribution in [1.82, 2.24) is 25.3 Å². The van der Waals surface area contributed by atoms with E-state index < -0.39 is 40.9 Å². The fourth-order valence-electron chi connectivity index (χ4n) is 5.08. The maximum Gasteiger partial charge on any atom is 0.356 e. The molecule has 0 radical (unpaired) electrons. The topological polar surface area (TPSA) is 235 Å². The number of amides is 2. The number of rotatable bonds is 11. The number of imidazole rings is 1. The first-order valence-electron chi connectivity index (χ1n) is 13.2. The minimum absolute atomic E-state index is 0.0527. The van der Waals surface area contributed by atoms with Gasteiger partial charge in [-0.15, -0.1) is 0 Å². The largest absolute Gasteiger partial charge is 0.464 e. The number of H-pyrrole nitrogens is 1. The van der Waals surface area contributed by atoms with Crippen LogP contribution in [0.3, 0.4) is 0 Å². The van der Waals surface area contributed by atoms with Gasteiger partial charge in [0.25, 0.3) is 11.8 Å². The summed E-state index contributed by atoms with van der Waals surface area (Å²) in [6.45, 7) is 0.764. The third-order valence-corrected chi connectivity index (χ3v) is 7.29. The third kappa shape index (κ3) is 6.21. The average Bonchev–Trinajstić information content (AvgIpc) is 3.58. The van der Waals surface area contributed by atoms with Gasteiger partial charge in [-0.3, -0.25) is 19.4 Å². The maximum atomic E-state index is 13.7. The van der Waals surface area contributed by atoms with Gasteiger partial charge in [-0.2, -0.15) is 0 Å². The van der Waals surface area contributed by atoms with Crippen LogP contribution in [-0.4, -0.2) is 98.7 Å². The number of ether oxygens (including phenoxy) is 1. The Bertz CT molecular complexity index is 1330. The van der Waals surface area contributed by atoms with Gasteiger partial charge in [0.05, 0.1) is 19.3 Å². The SMILES string of the molecule is COC(=O)c1cnc(C(=O)[C@H](CCCN=C(N)N)NC(=O)[C@]2(O)CCN3CC[C@@](N)(Cc4ccccc4)C(=O)N32)[nH]1. The lowest BCUT2D eigenvalue weighted by atomic mass is 9.85. The van der Waals surface area contributed by atoms with Gasteiger partial charge in [-0.05, 0) is 31.2 Å². The molecule has 2 fully saturated rings. The standard InChI is InChI=1S/C26H35N9O6/c1-41-21(37)18-15-31-20(32-18)19(36)17(8-5-11-30-24(27)28)33-22(38)26(40)10-13-34-12-9-25(29,23(39)35(26)34)14-16-6-3-2-4-7-16/h2-4,6-7,15,17,40H,5,8-14,29H2,1H3,(H,31,32)(H,33,38)(H4,27,28,30)/t17-,25+,26+/m0/s1. The highest BCUT2D eigenvalue weighted by Gasteiger charge is 2.59. The van der Waals surface area contributed by atoms with Crippen molar-refractivity contribution in [2.24, 2.45) is 22.2 Å². The molecule has 1 aromatic carbocycles. The van der Waals surface area contributed by atoms with E-state index in [0.29, 0.717) is 13.0 Å². The number of carbonyl (C=O) groups excluding carboxylic acids is 4. The van der Waals surface area contributed by atoms with Gasteiger partial charge in [-0.25, -0.2) is 19.8 Å².